The first-order chi connectivity index (χ1) is 9.15. The Morgan fingerprint density at radius 1 is 1.26 bits per heavy atom. The zero-order chi connectivity index (χ0) is 13.7. The number of carbonyl (C=O) groups excluding carboxylic acids is 1. The van der Waals surface area contributed by atoms with E-state index in [1.165, 1.54) is 30.4 Å². The highest BCUT2D eigenvalue weighted by molar-refractivity contribution is 9.09. The molecule has 104 valence electrons. The number of nitrogens with one attached hydrogen (secondary N) is 1. The van der Waals surface area contributed by atoms with Gasteiger partial charge in [-0.05, 0) is 31.7 Å². The highest BCUT2D eigenvalue weighted by atomic mass is 79.9. The number of benzene rings is 1. The molecule has 2 nitrogen and oxygen atoms in total. The van der Waals surface area contributed by atoms with E-state index in [1.807, 2.05) is 0 Å². The Bertz CT molecular complexity index is 415. The van der Waals surface area contributed by atoms with Crippen LogP contribution in [0.3, 0.4) is 0 Å². The number of aryl methyl sites for hydroxylation is 2. The summed E-state index contributed by atoms with van der Waals surface area (Å²) in [6.07, 6.45) is 6.18. The van der Waals surface area contributed by atoms with Gasteiger partial charge in [-0.15, -0.1) is 0 Å². The Morgan fingerprint density at radius 2 is 1.95 bits per heavy atom. The van der Waals surface area contributed by atoms with E-state index in [0.717, 1.165) is 12.8 Å². The van der Waals surface area contributed by atoms with Gasteiger partial charge in [0.2, 0.25) is 5.91 Å². The minimum Gasteiger partial charge on any atom is -0.352 e. The minimum atomic E-state index is 0.178. The van der Waals surface area contributed by atoms with Crippen molar-refractivity contribution in [2.75, 3.05) is 0 Å². The van der Waals surface area contributed by atoms with Gasteiger partial charge in [-0.1, -0.05) is 58.6 Å². The van der Waals surface area contributed by atoms with E-state index < -0.39 is 0 Å². The van der Waals surface area contributed by atoms with Crippen molar-refractivity contribution in [2.45, 2.75) is 56.3 Å². The maximum atomic E-state index is 12.0. The summed E-state index contributed by atoms with van der Waals surface area (Å²) in [6.45, 7) is 2.08. The van der Waals surface area contributed by atoms with Crippen molar-refractivity contribution in [2.24, 2.45) is 0 Å². The first-order valence-electron chi connectivity index (χ1n) is 7.14. The SMILES string of the molecule is Cc1ccc(CCC(=O)NC2CCCCC2Br)cc1. The summed E-state index contributed by atoms with van der Waals surface area (Å²) in [4.78, 5) is 12.4. The summed E-state index contributed by atoms with van der Waals surface area (Å²) in [5.41, 5.74) is 2.50. The zero-order valence-corrected chi connectivity index (χ0v) is 13.1. The van der Waals surface area contributed by atoms with Crippen LogP contribution in [0.2, 0.25) is 0 Å². The normalized spacial score (nSPS) is 23.1. The third kappa shape index (κ3) is 4.64. The molecule has 1 saturated carbocycles. The number of hydrogen-bond donors (Lipinski definition) is 1. The molecule has 3 heteroatoms. The van der Waals surface area contributed by atoms with Crippen molar-refractivity contribution in [3.8, 4) is 0 Å². The summed E-state index contributed by atoms with van der Waals surface area (Å²) in [7, 11) is 0. The summed E-state index contributed by atoms with van der Waals surface area (Å²) in [5, 5.41) is 3.16. The molecule has 19 heavy (non-hydrogen) atoms. The topological polar surface area (TPSA) is 29.1 Å². The van der Waals surface area contributed by atoms with Gasteiger partial charge in [-0.25, -0.2) is 0 Å². The van der Waals surface area contributed by atoms with E-state index in [1.54, 1.807) is 0 Å². The Labute approximate surface area is 124 Å². The Balaban J connectivity index is 1.76. The predicted molar refractivity (Wildman–Crippen MR) is 82.6 cm³/mol. The van der Waals surface area contributed by atoms with Crippen molar-refractivity contribution in [1.82, 2.24) is 5.32 Å². The molecule has 0 aliphatic heterocycles. The Kier molecular flexibility index (Phi) is 5.44. The monoisotopic (exact) mass is 323 g/mol. The van der Waals surface area contributed by atoms with E-state index in [9.17, 15) is 4.79 Å². The highest BCUT2D eigenvalue weighted by Gasteiger charge is 2.23. The summed E-state index contributed by atoms with van der Waals surface area (Å²) >= 11 is 3.67. The second kappa shape index (κ2) is 7.09. The number of hydrogen-bond acceptors (Lipinski definition) is 1. The van der Waals surface area contributed by atoms with Gasteiger partial charge in [0, 0.05) is 17.3 Å². The molecular weight excluding hydrogens is 302 g/mol. The number of rotatable bonds is 4. The molecule has 1 aromatic rings. The minimum absolute atomic E-state index is 0.178. The van der Waals surface area contributed by atoms with Crippen molar-refractivity contribution in [3.05, 3.63) is 35.4 Å². The molecule has 0 heterocycles. The maximum Gasteiger partial charge on any atom is 0.220 e. The van der Waals surface area contributed by atoms with Crippen LogP contribution >= 0.6 is 15.9 Å². The average molecular weight is 324 g/mol. The van der Waals surface area contributed by atoms with Gasteiger partial charge in [-0.2, -0.15) is 0 Å². The second-order valence-corrected chi connectivity index (χ2v) is 6.64. The van der Waals surface area contributed by atoms with E-state index in [2.05, 4.69) is 52.4 Å². The van der Waals surface area contributed by atoms with Crippen LogP contribution in [0.1, 0.15) is 43.2 Å². The molecule has 1 aromatic carbocycles. The molecule has 1 aliphatic rings. The summed E-state index contributed by atoms with van der Waals surface area (Å²) in [6, 6.07) is 8.73. The smallest absolute Gasteiger partial charge is 0.220 e. The molecule has 1 amide bonds. The molecule has 0 aromatic heterocycles. The maximum absolute atomic E-state index is 12.0. The van der Waals surface area contributed by atoms with E-state index >= 15 is 0 Å². The van der Waals surface area contributed by atoms with Crippen molar-refractivity contribution in [1.29, 1.82) is 0 Å². The molecule has 1 aliphatic carbocycles. The molecule has 1 N–H and O–H groups in total. The number of amides is 1. The molecule has 0 spiro atoms. The molecule has 1 fully saturated rings. The van der Waals surface area contributed by atoms with Crippen LogP contribution in [-0.2, 0) is 11.2 Å². The summed E-state index contributed by atoms with van der Waals surface area (Å²) in [5.74, 6) is 0.178. The van der Waals surface area contributed by atoms with E-state index in [4.69, 9.17) is 0 Å². The first-order valence-corrected chi connectivity index (χ1v) is 8.05. The van der Waals surface area contributed by atoms with Crippen molar-refractivity contribution >= 4 is 21.8 Å². The second-order valence-electron chi connectivity index (χ2n) is 5.46. The van der Waals surface area contributed by atoms with Gasteiger partial charge in [0.05, 0.1) is 0 Å². The van der Waals surface area contributed by atoms with Crippen LogP contribution in [0.5, 0.6) is 0 Å². The molecule has 2 rings (SSSR count). The van der Waals surface area contributed by atoms with Crippen LogP contribution in [0.4, 0.5) is 0 Å². The summed E-state index contributed by atoms with van der Waals surface area (Å²) < 4.78 is 0. The van der Waals surface area contributed by atoms with Gasteiger partial charge in [-0.3, -0.25) is 4.79 Å². The molecule has 0 radical (unpaired) electrons. The third-order valence-corrected chi connectivity index (χ3v) is 4.89. The first kappa shape index (κ1) is 14.6. The van der Waals surface area contributed by atoms with Crippen LogP contribution in [-0.4, -0.2) is 16.8 Å². The van der Waals surface area contributed by atoms with Crippen LogP contribution in [0.25, 0.3) is 0 Å². The zero-order valence-electron chi connectivity index (χ0n) is 11.5. The van der Waals surface area contributed by atoms with E-state index in [-0.39, 0.29) is 5.91 Å². The fraction of sp³-hybridized carbons (Fsp3) is 0.562. The van der Waals surface area contributed by atoms with Gasteiger partial charge in [0.15, 0.2) is 0 Å². The number of halogens is 1. The van der Waals surface area contributed by atoms with Gasteiger partial charge >= 0.3 is 0 Å². The number of alkyl halides is 1. The van der Waals surface area contributed by atoms with Crippen molar-refractivity contribution in [3.63, 3.8) is 0 Å². The lowest BCUT2D eigenvalue weighted by Gasteiger charge is -2.28. The van der Waals surface area contributed by atoms with E-state index in [0.29, 0.717) is 17.3 Å². The molecular formula is C16H22BrNO. The van der Waals surface area contributed by atoms with Gasteiger partial charge in [0.25, 0.3) is 0 Å². The quantitative estimate of drug-likeness (QED) is 0.840. The van der Waals surface area contributed by atoms with Crippen LogP contribution < -0.4 is 5.32 Å². The van der Waals surface area contributed by atoms with Crippen LogP contribution in [0.15, 0.2) is 24.3 Å². The van der Waals surface area contributed by atoms with Crippen LogP contribution in [0, 0.1) is 6.92 Å². The molecule has 2 unspecified atom stereocenters. The van der Waals surface area contributed by atoms with Gasteiger partial charge in [0.1, 0.15) is 0 Å². The number of carbonyl (C=O) groups is 1. The van der Waals surface area contributed by atoms with Gasteiger partial charge < -0.3 is 5.32 Å². The molecule has 0 bridgehead atoms. The fourth-order valence-corrected chi connectivity index (χ4v) is 3.26. The highest BCUT2D eigenvalue weighted by Crippen LogP contribution is 2.24. The largest absolute Gasteiger partial charge is 0.352 e. The lowest BCUT2D eigenvalue weighted by molar-refractivity contribution is -0.121. The lowest BCUT2D eigenvalue weighted by atomic mass is 9.95. The Hall–Kier alpha value is -0.830. The van der Waals surface area contributed by atoms with Crippen molar-refractivity contribution < 1.29 is 4.79 Å². The third-order valence-electron chi connectivity index (χ3n) is 3.79. The standard InChI is InChI=1S/C16H22BrNO/c1-12-6-8-13(9-7-12)10-11-16(19)18-15-5-3-2-4-14(15)17/h6-9,14-15H,2-5,10-11H2,1H3,(H,18,19). The Morgan fingerprint density at radius 3 is 2.63 bits per heavy atom. The average Bonchev–Trinajstić information content (AvgIpc) is 2.41. The molecule has 0 saturated heterocycles. The lowest BCUT2D eigenvalue weighted by Crippen LogP contribution is -2.42. The fourth-order valence-electron chi connectivity index (χ4n) is 2.54. The molecule has 2 atom stereocenters. The predicted octanol–water partition coefficient (Wildman–Crippen LogP) is 3.75.